The van der Waals surface area contributed by atoms with Gasteiger partial charge in [0.2, 0.25) is 0 Å². The van der Waals surface area contributed by atoms with Crippen molar-refractivity contribution in [1.82, 2.24) is 0 Å². The van der Waals surface area contributed by atoms with Crippen LogP contribution in [0.4, 0.5) is 0 Å². The topological polar surface area (TPSA) is 52.6 Å². The maximum atomic E-state index is 12.3. The Morgan fingerprint density at radius 2 is 1.60 bits per heavy atom. The van der Waals surface area contributed by atoms with Crippen molar-refractivity contribution < 1.29 is 19.1 Å². The van der Waals surface area contributed by atoms with Crippen molar-refractivity contribution in [2.75, 3.05) is 14.2 Å². The van der Waals surface area contributed by atoms with Crippen molar-refractivity contribution >= 4 is 11.9 Å². The predicted molar refractivity (Wildman–Crippen MR) is 74.8 cm³/mol. The van der Waals surface area contributed by atoms with Gasteiger partial charge in [0.1, 0.15) is 0 Å². The Hall–Kier alpha value is -1.06. The lowest BCUT2D eigenvalue weighted by Crippen LogP contribution is -2.62. The van der Waals surface area contributed by atoms with E-state index >= 15 is 0 Å². The third-order valence-electron chi connectivity index (χ3n) is 5.59. The first-order chi connectivity index (χ1) is 9.18. The maximum absolute atomic E-state index is 12.3. The number of fused-ring (bicyclic) bond motifs is 3. The maximum Gasteiger partial charge on any atom is 0.310 e. The first-order valence-corrected chi connectivity index (χ1v) is 7.33. The molecule has 3 saturated carbocycles. The lowest BCUT2D eigenvalue weighted by atomic mass is 9.41. The largest absolute Gasteiger partial charge is 0.469 e. The summed E-state index contributed by atoms with van der Waals surface area (Å²) in [5, 5.41) is 0. The van der Waals surface area contributed by atoms with Crippen molar-refractivity contribution in [3.8, 4) is 0 Å². The highest BCUT2D eigenvalue weighted by molar-refractivity contribution is 5.83. The molecule has 0 N–H and O–H groups in total. The molecule has 1 unspecified atom stereocenters. The Labute approximate surface area is 121 Å². The summed E-state index contributed by atoms with van der Waals surface area (Å²) in [6.45, 7) is 8.72. The second-order valence-corrected chi connectivity index (χ2v) is 7.58. The summed E-state index contributed by atoms with van der Waals surface area (Å²) in [6.07, 6.45) is 1.91. The fraction of sp³-hybridized carbons (Fsp3) is 0.875. The zero-order chi connectivity index (χ0) is 15.3. The van der Waals surface area contributed by atoms with Gasteiger partial charge >= 0.3 is 11.9 Å². The summed E-state index contributed by atoms with van der Waals surface area (Å²) in [5.74, 6) is -0.722. The third-order valence-corrected chi connectivity index (χ3v) is 5.59. The Kier molecular flexibility index (Phi) is 3.64. The van der Waals surface area contributed by atoms with E-state index in [0.717, 1.165) is 12.8 Å². The monoisotopic (exact) mass is 282 g/mol. The normalized spacial score (nSPS) is 42.1. The van der Waals surface area contributed by atoms with Crippen molar-refractivity contribution in [3.63, 3.8) is 0 Å². The van der Waals surface area contributed by atoms with Gasteiger partial charge in [-0.3, -0.25) is 9.59 Å². The van der Waals surface area contributed by atoms with Gasteiger partial charge in [-0.1, -0.05) is 27.7 Å². The summed E-state index contributed by atoms with van der Waals surface area (Å²) >= 11 is 0. The molecule has 114 valence electrons. The van der Waals surface area contributed by atoms with Crippen LogP contribution >= 0.6 is 0 Å². The van der Waals surface area contributed by atoms with Gasteiger partial charge in [-0.2, -0.15) is 0 Å². The second-order valence-electron chi connectivity index (χ2n) is 7.58. The van der Waals surface area contributed by atoms with E-state index < -0.39 is 0 Å². The van der Waals surface area contributed by atoms with Crippen LogP contribution in [0.2, 0.25) is 0 Å². The number of ether oxygens (including phenoxy) is 2. The highest BCUT2D eigenvalue weighted by Gasteiger charge is 2.65. The molecule has 3 fully saturated rings. The Morgan fingerprint density at radius 1 is 1.05 bits per heavy atom. The average Bonchev–Trinajstić information content (AvgIpc) is 2.33. The van der Waals surface area contributed by atoms with Gasteiger partial charge in [-0.25, -0.2) is 0 Å². The zero-order valence-corrected chi connectivity index (χ0v) is 13.4. The van der Waals surface area contributed by atoms with Crippen molar-refractivity contribution in [2.45, 2.75) is 40.5 Å². The number of hydrogen-bond acceptors (Lipinski definition) is 4. The standard InChI is InChI=1S/C16H26O4/c1-9-7-16(4)8-15(2,3)11(9)10(13(17)19-5)12(16)14(18)20-6/h9-12H,7-8H2,1-6H3/t9?,10-,11+,12-,16+/m1/s1. The molecule has 4 nitrogen and oxygen atoms in total. The van der Waals surface area contributed by atoms with Crippen LogP contribution in [0.5, 0.6) is 0 Å². The molecule has 0 radical (unpaired) electrons. The summed E-state index contributed by atoms with van der Waals surface area (Å²) < 4.78 is 10.00. The number of rotatable bonds is 2. The van der Waals surface area contributed by atoms with Gasteiger partial charge in [-0.05, 0) is 35.5 Å². The van der Waals surface area contributed by atoms with Crippen LogP contribution in [-0.4, -0.2) is 26.2 Å². The molecule has 0 aromatic rings. The molecule has 0 aromatic heterocycles. The van der Waals surface area contributed by atoms with Crippen LogP contribution in [0.25, 0.3) is 0 Å². The fourth-order valence-corrected chi connectivity index (χ4v) is 5.56. The first kappa shape index (κ1) is 15.3. The van der Waals surface area contributed by atoms with Gasteiger partial charge in [0.15, 0.2) is 0 Å². The highest BCUT2D eigenvalue weighted by Crippen LogP contribution is 2.65. The molecule has 0 heterocycles. The molecule has 3 aliphatic rings. The molecule has 2 bridgehead atoms. The summed E-state index contributed by atoms with van der Waals surface area (Å²) in [4.78, 5) is 24.6. The van der Waals surface area contributed by atoms with Crippen LogP contribution in [0.1, 0.15) is 40.5 Å². The second kappa shape index (κ2) is 4.74. The van der Waals surface area contributed by atoms with E-state index in [1.54, 1.807) is 0 Å². The zero-order valence-electron chi connectivity index (χ0n) is 13.4. The average molecular weight is 282 g/mol. The minimum absolute atomic E-state index is 0.0375. The first-order valence-electron chi connectivity index (χ1n) is 7.33. The van der Waals surface area contributed by atoms with E-state index in [9.17, 15) is 9.59 Å². The number of carbonyl (C=O) groups excluding carboxylic acids is 2. The van der Waals surface area contributed by atoms with Gasteiger partial charge in [-0.15, -0.1) is 0 Å². The lowest BCUT2D eigenvalue weighted by Gasteiger charge is -2.62. The smallest absolute Gasteiger partial charge is 0.310 e. The van der Waals surface area contributed by atoms with Crippen LogP contribution in [-0.2, 0) is 19.1 Å². The Morgan fingerprint density at radius 3 is 2.05 bits per heavy atom. The molecule has 0 amide bonds. The van der Waals surface area contributed by atoms with Gasteiger partial charge < -0.3 is 9.47 Å². The minimum Gasteiger partial charge on any atom is -0.469 e. The Balaban J connectivity index is 2.52. The molecular weight excluding hydrogens is 256 g/mol. The molecule has 0 saturated heterocycles. The summed E-state index contributed by atoms with van der Waals surface area (Å²) in [5.41, 5.74) is -0.153. The van der Waals surface area contributed by atoms with E-state index in [1.165, 1.54) is 14.2 Å². The summed E-state index contributed by atoms with van der Waals surface area (Å²) in [7, 11) is 2.80. The van der Waals surface area contributed by atoms with E-state index in [2.05, 4.69) is 27.7 Å². The fourth-order valence-electron chi connectivity index (χ4n) is 5.56. The molecule has 3 rings (SSSR count). The number of esters is 2. The number of methoxy groups -OCH3 is 2. The highest BCUT2D eigenvalue weighted by atomic mass is 16.5. The molecule has 0 spiro atoms. The van der Waals surface area contributed by atoms with E-state index in [0.29, 0.717) is 5.92 Å². The van der Waals surface area contributed by atoms with Gasteiger partial charge in [0.25, 0.3) is 0 Å². The number of carbonyl (C=O) groups is 2. The molecule has 4 heteroatoms. The third kappa shape index (κ3) is 2.04. The number of hydrogen-bond donors (Lipinski definition) is 0. The molecular formula is C16H26O4. The Bertz CT molecular complexity index is 428. The van der Waals surface area contributed by atoms with Crippen LogP contribution in [0, 0.1) is 34.5 Å². The molecule has 20 heavy (non-hydrogen) atoms. The molecule has 0 aromatic carbocycles. The van der Waals surface area contributed by atoms with E-state index in [-0.39, 0.29) is 40.5 Å². The van der Waals surface area contributed by atoms with Crippen LogP contribution in [0.15, 0.2) is 0 Å². The van der Waals surface area contributed by atoms with Gasteiger partial charge in [0.05, 0.1) is 26.1 Å². The van der Waals surface area contributed by atoms with Crippen LogP contribution < -0.4 is 0 Å². The SMILES string of the molecule is COC(=O)[C@@H]1[C@@H]2C(C)C[C@@](C)(CC2(C)C)[C@H]1C(=O)OC. The van der Waals surface area contributed by atoms with E-state index in [4.69, 9.17) is 9.47 Å². The quantitative estimate of drug-likeness (QED) is 0.731. The van der Waals surface area contributed by atoms with E-state index in [1.807, 2.05) is 0 Å². The lowest BCUT2D eigenvalue weighted by molar-refractivity contribution is -0.200. The molecule has 0 aliphatic heterocycles. The molecule has 5 atom stereocenters. The molecule has 3 aliphatic carbocycles. The predicted octanol–water partition coefficient (Wildman–Crippen LogP) is 2.66. The summed E-state index contributed by atoms with van der Waals surface area (Å²) in [6, 6.07) is 0. The van der Waals surface area contributed by atoms with Crippen molar-refractivity contribution in [3.05, 3.63) is 0 Å². The van der Waals surface area contributed by atoms with Crippen molar-refractivity contribution in [1.29, 1.82) is 0 Å². The van der Waals surface area contributed by atoms with Gasteiger partial charge in [0, 0.05) is 0 Å². The van der Waals surface area contributed by atoms with Crippen molar-refractivity contribution in [2.24, 2.45) is 34.5 Å². The minimum atomic E-state index is -0.384. The van der Waals surface area contributed by atoms with Crippen LogP contribution in [0.3, 0.4) is 0 Å².